The third-order valence-electron chi connectivity index (χ3n) is 4.08. The molecule has 0 bridgehead atoms. The Morgan fingerprint density at radius 2 is 1.79 bits per heavy atom. The van der Waals surface area contributed by atoms with Crippen molar-refractivity contribution >= 4 is 35.0 Å². The number of methoxy groups -OCH3 is 2. The van der Waals surface area contributed by atoms with Crippen molar-refractivity contribution in [2.24, 2.45) is 0 Å². The third kappa shape index (κ3) is 4.29. The molecule has 146 valence electrons. The Balaban J connectivity index is 1.93. The second-order valence-electron chi connectivity index (χ2n) is 5.76. The van der Waals surface area contributed by atoms with E-state index in [1.807, 2.05) is 41.0 Å². The number of benzene rings is 2. The zero-order valence-corrected chi connectivity index (χ0v) is 17.8. The number of thioether (sulfide) groups is 1. The molecule has 0 unspecified atom stereocenters. The van der Waals surface area contributed by atoms with E-state index in [0.717, 1.165) is 16.3 Å². The summed E-state index contributed by atoms with van der Waals surface area (Å²) in [6.07, 6.45) is 1.81. The highest BCUT2D eigenvalue weighted by molar-refractivity contribution is 7.98. The van der Waals surface area contributed by atoms with Crippen LogP contribution in [0.3, 0.4) is 0 Å². The summed E-state index contributed by atoms with van der Waals surface area (Å²) in [5.74, 6) is 2.59. The molecule has 0 atom stereocenters. The van der Waals surface area contributed by atoms with Crippen LogP contribution in [0.4, 0.5) is 0 Å². The summed E-state index contributed by atoms with van der Waals surface area (Å²) in [6.45, 7) is 4.41. The van der Waals surface area contributed by atoms with Gasteiger partial charge >= 0.3 is 0 Å². The lowest BCUT2D eigenvalue weighted by Crippen LogP contribution is -2.01. The highest BCUT2D eigenvalue weighted by atomic mass is 35.5. The van der Waals surface area contributed by atoms with Crippen molar-refractivity contribution in [3.05, 3.63) is 64.7 Å². The van der Waals surface area contributed by atoms with Crippen molar-refractivity contribution in [2.75, 3.05) is 14.2 Å². The summed E-state index contributed by atoms with van der Waals surface area (Å²) in [6, 6.07) is 11.1. The predicted octanol–water partition coefficient (Wildman–Crippen LogP) is 5.75. The van der Waals surface area contributed by atoms with Gasteiger partial charge in [0.05, 0.1) is 14.2 Å². The number of rotatable bonds is 8. The van der Waals surface area contributed by atoms with Crippen molar-refractivity contribution in [3.63, 3.8) is 0 Å². The van der Waals surface area contributed by atoms with Gasteiger partial charge in [0.2, 0.25) is 0 Å². The van der Waals surface area contributed by atoms with E-state index >= 15 is 0 Å². The monoisotopic (exact) mass is 435 g/mol. The molecule has 5 nitrogen and oxygen atoms in total. The number of nitrogens with zero attached hydrogens (tertiary/aromatic N) is 3. The van der Waals surface area contributed by atoms with Gasteiger partial charge in [0.1, 0.15) is 0 Å². The number of aromatic nitrogens is 3. The van der Waals surface area contributed by atoms with E-state index < -0.39 is 0 Å². The molecule has 1 aromatic heterocycles. The normalized spacial score (nSPS) is 10.7. The fourth-order valence-electron chi connectivity index (χ4n) is 2.68. The van der Waals surface area contributed by atoms with E-state index in [1.54, 1.807) is 20.3 Å². The maximum Gasteiger partial charge on any atom is 0.192 e. The minimum Gasteiger partial charge on any atom is -0.493 e. The van der Waals surface area contributed by atoms with Crippen LogP contribution in [0.2, 0.25) is 10.0 Å². The number of halogens is 2. The molecule has 0 amide bonds. The topological polar surface area (TPSA) is 49.2 Å². The van der Waals surface area contributed by atoms with Crippen molar-refractivity contribution in [1.82, 2.24) is 14.8 Å². The van der Waals surface area contributed by atoms with Gasteiger partial charge < -0.3 is 9.47 Å². The molecule has 0 aliphatic carbocycles. The second kappa shape index (κ2) is 9.37. The molecule has 2 aromatic carbocycles. The van der Waals surface area contributed by atoms with E-state index in [9.17, 15) is 0 Å². The molecule has 0 aliphatic heterocycles. The number of ether oxygens (including phenoxy) is 2. The van der Waals surface area contributed by atoms with Crippen LogP contribution >= 0.6 is 35.0 Å². The lowest BCUT2D eigenvalue weighted by molar-refractivity contribution is 0.355. The largest absolute Gasteiger partial charge is 0.493 e. The van der Waals surface area contributed by atoms with Gasteiger partial charge in [-0.1, -0.05) is 47.1 Å². The Kier molecular flexibility index (Phi) is 6.88. The smallest absolute Gasteiger partial charge is 0.192 e. The first kappa shape index (κ1) is 20.6. The van der Waals surface area contributed by atoms with Crippen LogP contribution < -0.4 is 9.47 Å². The summed E-state index contributed by atoms with van der Waals surface area (Å²) in [7, 11) is 3.21. The van der Waals surface area contributed by atoms with E-state index in [1.165, 1.54) is 11.8 Å². The first-order chi connectivity index (χ1) is 13.6. The number of allylic oxidation sites excluding steroid dienone is 1. The first-order valence-corrected chi connectivity index (χ1v) is 10.1. The SMILES string of the molecule is C=CCn1c(SCc2c(Cl)cccc2Cl)nnc1-c1ccc(OC)c(OC)c1. The molecule has 3 rings (SSSR count). The molecule has 0 aliphatic rings. The average Bonchev–Trinajstić information content (AvgIpc) is 3.10. The molecule has 0 fully saturated rings. The van der Waals surface area contributed by atoms with Crippen molar-refractivity contribution < 1.29 is 9.47 Å². The Bertz CT molecular complexity index is 971. The van der Waals surface area contributed by atoms with Gasteiger partial charge in [-0.15, -0.1) is 16.8 Å². The molecule has 3 aromatic rings. The zero-order chi connectivity index (χ0) is 20.1. The minimum atomic E-state index is 0.565. The van der Waals surface area contributed by atoms with Crippen molar-refractivity contribution in [3.8, 4) is 22.9 Å². The van der Waals surface area contributed by atoms with Crippen LogP contribution in [-0.2, 0) is 12.3 Å². The van der Waals surface area contributed by atoms with Crippen LogP contribution in [0.5, 0.6) is 11.5 Å². The highest BCUT2D eigenvalue weighted by Crippen LogP contribution is 2.35. The standard InChI is InChI=1S/C20H19Cl2N3O2S/c1-4-10-25-19(13-8-9-17(26-2)18(11-13)27-3)23-24-20(25)28-12-14-15(21)6-5-7-16(14)22/h4-9,11H,1,10,12H2,2-3H3. The van der Waals surface area contributed by atoms with Crippen molar-refractivity contribution in [2.45, 2.75) is 17.5 Å². The Hall–Kier alpha value is -2.15. The molecule has 1 heterocycles. The lowest BCUT2D eigenvalue weighted by Gasteiger charge is -2.11. The molecular weight excluding hydrogens is 417 g/mol. The quantitative estimate of drug-likeness (QED) is 0.333. The summed E-state index contributed by atoms with van der Waals surface area (Å²) >= 11 is 14.1. The van der Waals surface area contributed by atoms with Crippen molar-refractivity contribution in [1.29, 1.82) is 0 Å². The van der Waals surface area contributed by atoms with Crippen LogP contribution in [0.1, 0.15) is 5.56 Å². The van der Waals surface area contributed by atoms with Gasteiger partial charge in [0.15, 0.2) is 22.5 Å². The second-order valence-corrected chi connectivity index (χ2v) is 7.52. The zero-order valence-electron chi connectivity index (χ0n) is 15.5. The lowest BCUT2D eigenvalue weighted by atomic mass is 10.2. The van der Waals surface area contributed by atoms with Gasteiger partial charge in [-0.05, 0) is 35.9 Å². The molecule has 8 heteroatoms. The summed E-state index contributed by atoms with van der Waals surface area (Å²) < 4.78 is 12.7. The molecule has 0 N–H and O–H groups in total. The van der Waals surface area contributed by atoms with E-state index in [0.29, 0.717) is 39.7 Å². The molecule has 0 saturated carbocycles. The molecule has 28 heavy (non-hydrogen) atoms. The number of hydrogen-bond donors (Lipinski definition) is 0. The molecule has 0 spiro atoms. The molecular formula is C20H19Cl2N3O2S. The van der Waals surface area contributed by atoms with E-state index in [-0.39, 0.29) is 0 Å². The maximum atomic E-state index is 6.28. The van der Waals surface area contributed by atoms with Crippen LogP contribution in [0.15, 0.2) is 54.2 Å². The van der Waals surface area contributed by atoms with Crippen LogP contribution in [0, 0.1) is 0 Å². The van der Waals surface area contributed by atoms with E-state index in [2.05, 4.69) is 16.8 Å². The third-order valence-corrected chi connectivity index (χ3v) is 5.78. The van der Waals surface area contributed by atoms with Gasteiger partial charge in [0.25, 0.3) is 0 Å². The summed E-state index contributed by atoms with van der Waals surface area (Å²) in [5, 5.41) is 10.7. The van der Waals surface area contributed by atoms with Crippen LogP contribution in [-0.4, -0.2) is 29.0 Å². The first-order valence-electron chi connectivity index (χ1n) is 8.41. The van der Waals surface area contributed by atoms with E-state index in [4.69, 9.17) is 32.7 Å². The van der Waals surface area contributed by atoms with Gasteiger partial charge in [-0.3, -0.25) is 4.57 Å². The minimum absolute atomic E-state index is 0.565. The summed E-state index contributed by atoms with van der Waals surface area (Å²) in [4.78, 5) is 0. The van der Waals surface area contributed by atoms with Crippen LogP contribution in [0.25, 0.3) is 11.4 Å². The van der Waals surface area contributed by atoms with Gasteiger partial charge in [0, 0.05) is 27.9 Å². The number of hydrogen-bond acceptors (Lipinski definition) is 5. The van der Waals surface area contributed by atoms with Gasteiger partial charge in [-0.25, -0.2) is 0 Å². The highest BCUT2D eigenvalue weighted by Gasteiger charge is 2.17. The maximum absolute atomic E-state index is 6.28. The fourth-order valence-corrected chi connectivity index (χ4v) is 4.37. The Labute approximate surface area is 178 Å². The average molecular weight is 436 g/mol. The van der Waals surface area contributed by atoms with Gasteiger partial charge in [-0.2, -0.15) is 0 Å². The summed E-state index contributed by atoms with van der Waals surface area (Å²) in [5.41, 5.74) is 1.74. The predicted molar refractivity (Wildman–Crippen MR) is 115 cm³/mol. The molecule has 0 saturated heterocycles. The Morgan fingerprint density at radius 3 is 2.43 bits per heavy atom. The Morgan fingerprint density at radius 1 is 1.07 bits per heavy atom. The molecule has 0 radical (unpaired) electrons. The fraction of sp³-hybridized carbons (Fsp3) is 0.200.